The van der Waals surface area contributed by atoms with E-state index in [1.807, 2.05) is 0 Å². The molecule has 2 rings (SSSR count). The van der Waals surface area contributed by atoms with E-state index in [0.29, 0.717) is 5.56 Å². The number of alkyl halides is 2. The standard InChI is InChI=1S/C22H25F2NO7S/c1-6-29-15-10-13(8-9-14(15)32-22(23)24)18(26)25-19-16(20(27)31-11(3)4)12(5)17(33-19)21(28)30-7-2/h8-11,22H,6-7H2,1-5H3,(H,25,26). The van der Waals surface area contributed by atoms with Gasteiger partial charge in [0, 0.05) is 5.56 Å². The number of thiophene rings is 1. The molecular weight excluding hydrogens is 460 g/mol. The number of halogens is 2. The summed E-state index contributed by atoms with van der Waals surface area (Å²) in [5, 5.41) is 2.69. The first-order valence-electron chi connectivity index (χ1n) is 10.1. The third kappa shape index (κ3) is 6.64. The highest BCUT2D eigenvalue weighted by atomic mass is 32.1. The molecule has 0 radical (unpaired) electrons. The van der Waals surface area contributed by atoms with Crippen LogP contribution in [0.2, 0.25) is 0 Å². The minimum atomic E-state index is -3.06. The number of hydrogen-bond donors (Lipinski definition) is 1. The number of rotatable bonds is 10. The Morgan fingerprint density at radius 1 is 1.06 bits per heavy atom. The molecule has 8 nitrogen and oxygen atoms in total. The molecule has 0 atom stereocenters. The van der Waals surface area contributed by atoms with Gasteiger partial charge in [-0.05, 0) is 58.4 Å². The van der Waals surface area contributed by atoms with Gasteiger partial charge in [0.25, 0.3) is 5.91 Å². The molecule has 33 heavy (non-hydrogen) atoms. The van der Waals surface area contributed by atoms with E-state index < -0.39 is 30.6 Å². The Kier molecular flexibility index (Phi) is 9.15. The molecule has 0 aliphatic heterocycles. The van der Waals surface area contributed by atoms with Gasteiger partial charge in [-0.15, -0.1) is 11.3 Å². The lowest BCUT2D eigenvalue weighted by Crippen LogP contribution is -2.17. The van der Waals surface area contributed by atoms with Gasteiger partial charge in [-0.1, -0.05) is 0 Å². The van der Waals surface area contributed by atoms with Crippen LogP contribution >= 0.6 is 11.3 Å². The van der Waals surface area contributed by atoms with Crippen molar-refractivity contribution >= 4 is 34.2 Å². The lowest BCUT2D eigenvalue weighted by molar-refractivity contribution is -0.0514. The maximum Gasteiger partial charge on any atom is 0.387 e. The number of esters is 2. The molecule has 0 fully saturated rings. The van der Waals surface area contributed by atoms with Crippen molar-refractivity contribution in [3.05, 3.63) is 39.8 Å². The third-order valence-corrected chi connectivity index (χ3v) is 5.29. The van der Waals surface area contributed by atoms with Crippen molar-refractivity contribution in [3.63, 3.8) is 0 Å². The van der Waals surface area contributed by atoms with Crippen LogP contribution in [0.3, 0.4) is 0 Å². The maximum absolute atomic E-state index is 12.9. The van der Waals surface area contributed by atoms with Gasteiger partial charge in [0.05, 0.1) is 24.9 Å². The SMILES string of the molecule is CCOC(=O)c1sc(NC(=O)c2ccc(OC(F)F)c(OCC)c2)c(C(=O)OC(C)C)c1C. The van der Waals surface area contributed by atoms with Crippen LogP contribution in [0.25, 0.3) is 0 Å². The second-order valence-corrected chi connectivity index (χ2v) is 7.88. The van der Waals surface area contributed by atoms with Crippen LogP contribution in [0.15, 0.2) is 18.2 Å². The summed E-state index contributed by atoms with van der Waals surface area (Å²) in [4.78, 5) is 38.0. The number of anilines is 1. The molecule has 180 valence electrons. The summed E-state index contributed by atoms with van der Waals surface area (Å²) < 4.78 is 45.2. The zero-order chi connectivity index (χ0) is 24.7. The average molecular weight is 486 g/mol. The van der Waals surface area contributed by atoms with Gasteiger partial charge in [0.15, 0.2) is 11.5 Å². The zero-order valence-corrected chi connectivity index (χ0v) is 19.6. The first kappa shape index (κ1) is 26.0. The van der Waals surface area contributed by atoms with E-state index in [0.717, 1.165) is 11.3 Å². The molecule has 0 saturated heterocycles. The molecule has 1 amide bonds. The highest BCUT2D eigenvalue weighted by Crippen LogP contribution is 2.36. The second kappa shape index (κ2) is 11.6. The van der Waals surface area contributed by atoms with Crippen LogP contribution in [-0.4, -0.2) is 43.8 Å². The van der Waals surface area contributed by atoms with Crippen LogP contribution in [-0.2, 0) is 9.47 Å². The summed E-state index contributed by atoms with van der Waals surface area (Å²) in [5.41, 5.74) is 0.412. The summed E-state index contributed by atoms with van der Waals surface area (Å²) in [7, 11) is 0. The van der Waals surface area contributed by atoms with E-state index in [2.05, 4.69) is 10.1 Å². The van der Waals surface area contributed by atoms with Crippen LogP contribution < -0.4 is 14.8 Å². The number of carbonyl (C=O) groups is 3. The fraction of sp³-hybridized carbons (Fsp3) is 0.409. The lowest BCUT2D eigenvalue weighted by Gasteiger charge is -2.13. The van der Waals surface area contributed by atoms with Crippen molar-refractivity contribution in [2.24, 2.45) is 0 Å². The lowest BCUT2D eigenvalue weighted by atomic mass is 10.1. The molecule has 0 bridgehead atoms. The first-order valence-corrected chi connectivity index (χ1v) is 10.9. The Morgan fingerprint density at radius 3 is 2.33 bits per heavy atom. The predicted octanol–water partition coefficient (Wildman–Crippen LogP) is 5.05. The fourth-order valence-electron chi connectivity index (χ4n) is 2.80. The quantitative estimate of drug-likeness (QED) is 0.470. The van der Waals surface area contributed by atoms with Crippen molar-refractivity contribution < 1.29 is 42.1 Å². The summed E-state index contributed by atoms with van der Waals surface area (Å²) in [5.74, 6) is -2.26. The van der Waals surface area contributed by atoms with Gasteiger partial charge in [-0.25, -0.2) is 9.59 Å². The number of hydrogen-bond acceptors (Lipinski definition) is 8. The van der Waals surface area contributed by atoms with Crippen molar-refractivity contribution in [2.45, 2.75) is 47.3 Å². The Bertz CT molecular complexity index is 1020. The van der Waals surface area contributed by atoms with Gasteiger partial charge >= 0.3 is 18.6 Å². The molecule has 1 aromatic heterocycles. The van der Waals surface area contributed by atoms with Crippen molar-refractivity contribution in [2.75, 3.05) is 18.5 Å². The molecule has 11 heteroatoms. The molecule has 0 saturated carbocycles. The minimum absolute atomic E-state index is 0.0350. The average Bonchev–Trinajstić information content (AvgIpc) is 3.04. The molecular formula is C22H25F2NO7S. The number of ether oxygens (including phenoxy) is 4. The summed E-state index contributed by atoms with van der Waals surface area (Å²) in [6, 6.07) is 3.70. The van der Waals surface area contributed by atoms with E-state index in [1.165, 1.54) is 18.2 Å². The largest absolute Gasteiger partial charge is 0.490 e. The highest BCUT2D eigenvalue weighted by Gasteiger charge is 2.28. The first-order chi connectivity index (χ1) is 15.6. The van der Waals surface area contributed by atoms with E-state index in [9.17, 15) is 23.2 Å². The van der Waals surface area contributed by atoms with Crippen LogP contribution in [0.5, 0.6) is 11.5 Å². The Balaban J connectivity index is 2.43. The van der Waals surface area contributed by atoms with Gasteiger partial charge in [0.1, 0.15) is 9.88 Å². The molecule has 0 unspecified atom stereocenters. The van der Waals surface area contributed by atoms with Crippen molar-refractivity contribution in [1.82, 2.24) is 0 Å². The molecule has 1 N–H and O–H groups in total. The molecule has 0 aliphatic rings. The zero-order valence-electron chi connectivity index (χ0n) is 18.8. The fourth-order valence-corrected chi connectivity index (χ4v) is 3.88. The number of nitrogens with one attached hydrogen (secondary N) is 1. The van der Waals surface area contributed by atoms with Crippen molar-refractivity contribution in [1.29, 1.82) is 0 Å². The van der Waals surface area contributed by atoms with Crippen LogP contribution in [0.1, 0.15) is 63.6 Å². The van der Waals surface area contributed by atoms with E-state index in [-0.39, 0.29) is 45.7 Å². The Labute approximate surface area is 193 Å². The van der Waals surface area contributed by atoms with E-state index in [4.69, 9.17) is 14.2 Å². The third-order valence-electron chi connectivity index (χ3n) is 4.10. The minimum Gasteiger partial charge on any atom is -0.490 e. The molecule has 1 aromatic carbocycles. The Morgan fingerprint density at radius 2 is 1.76 bits per heavy atom. The number of benzene rings is 1. The normalized spacial score (nSPS) is 10.8. The monoisotopic (exact) mass is 485 g/mol. The highest BCUT2D eigenvalue weighted by molar-refractivity contribution is 7.18. The van der Waals surface area contributed by atoms with Gasteiger partial charge < -0.3 is 24.3 Å². The van der Waals surface area contributed by atoms with Gasteiger partial charge in [-0.3, -0.25) is 4.79 Å². The van der Waals surface area contributed by atoms with E-state index >= 15 is 0 Å². The maximum atomic E-state index is 12.9. The molecule has 0 aliphatic carbocycles. The van der Waals surface area contributed by atoms with Gasteiger partial charge in [0.2, 0.25) is 0 Å². The number of carbonyl (C=O) groups excluding carboxylic acids is 3. The number of amides is 1. The predicted molar refractivity (Wildman–Crippen MR) is 118 cm³/mol. The summed E-state index contributed by atoms with van der Waals surface area (Å²) in [6.45, 7) is 5.42. The smallest absolute Gasteiger partial charge is 0.387 e. The molecule has 1 heterocycles. The molecule has 2 aromatic rings. The second-order valence-electron chi connectivity index (χ2n) is 6.86. The van der Waals surface area contributed by atoms with Crippen molar-refractivity contribution in [3.8, 4) is 11.5 Å². The topological polar surface area (TPSA) is 100 Å². The summed E-state index contributed by atoms with van der Waals surface area (Å²) >= 11 is 0.876. The molecule has 0 spiro atoms. The van der Waals surface area contributed by atoms with E-state index in [1.54, 1.807) is 34.6 Å². The van der Waals surface area contributed by atoms with Gasteiger partial charge in [-0.2, -0.15) is 8.78 Å². The van der Waals surface area contributed by atoms with Crippen LogP contribution in [0, 0.1) is 6.92 Å². The van der Waals surface area contributed by atoms with Crippen LogP contribution in [0.4, 0.5) is 13.8 Å². The Hall–Kier alpha value is -3.21. The summed E-state index contributed by atoms with van der Waals surface area (Å²) in [6.07, 6.45) is -0.428.